The number of aromatic nitrogens is 3. The normalized spacial score (nSPS) is 11.7. The van der Waals surface area contributed by atoms with Gasteiger partial charge in [-0.15, -0.1) is 10.2 Å². The maximum atomic E-state index is 13.5. The maximum Gasteiger partial charge on any atom is 0.221 e. The third kappa shape index (κ3) is 5.58. The number of nitrogens with zero attached hydrogens (tertiary/aromatic N) is 3. The van der Waals surface area contributed by atoms with Crippen molar-refractivity contribution >= 4 is 29.1 Å². The lowest BCUT2D eigenvalue weighted by Crippen LogP contribution is -2.15. The molecule has 0 aliphatic rings. The van der Waals surface area contributed by atoms with Crippen molar-refractivity contribution in [3.8, 4) is 11.4 Å². The minimum absolute atomic E-state index is 0.0584. The molecule has 4 rings (SSSR count). The topological polar surface area (TPSA) is 76.9 Å². The standard InChI is InChI=1S/C26H23FN4O2S/c1-17(24(33)20-10-14-23(15-11-20)28-18(2)32)34-26-30-29-25(21-8-12-22(27)13-9-21)31(26)16-19-6-4-3-5-7-19/h3-15,17H,16H2,1-2H3,(H,28,32). The van der Waals surface area contributed by atoms with Gasteiger partial charge in [0.25, 0.3) is 0 Å². The largest absolute Gasteiger partial charge is 0.326 e. The molecule has 1 unspecified atom stereocenters. The van der Waals surface area contributed by atoms with E-state index in [9.17, 15) is 14.0 Å². The van der Waals surface area contributed by atoms with Crippen molar-refractivity contribution in [2.45, 2.75) is 30.8 Å². The highest BCUT2D eigenvalue weighted by atomic mass is 32.2. The third-order valence-corrected chi connectivity index (χ3v) is 6.22. The number of halogens is 1. The Morgan fingerprint density at radius 2 is 1.65 bits per heavy atom. The molecule has 0 radical (unpaired) electrons. The summed E-state index contributed by atoms with van der Waals surface area (Å²) in [6.07, 6.45) is 0. The van der Waals surface area contributed by atoms with Crippen LogP contribution in [-0.2, 0) is 11.3 Å². The molecule has 8 heteroatoms. The molecule has 0 aliphatic heterocycles. The molecular formula is C26H23FN4O2S. The molecule has 1 amide bonds. The molecule has 0 bridgehead atoms. The summed E-state index contributed by atoms with van der Waals surface area (Å²) >= 11 is 1.32. The van der Waals surface area contributed by atoms with E-state index in [0.29, 0.717) is 28.8 Å². The van der Waals surface area contributed by atoms with Gasteiger partial charge in [0, 0.05) is 23.7 Å². The van der Waals surface area contributed by atoms with E-state index in [1.165, 1.54) is 30.8 Å². The first-order valence-electron chi connectivity index (χ1n) is 10.7. The molecule has 4 aromatic rings. The van der Waals surface area contributed by atoms with E-state index >= 15 is 0 Å². The Bertz CT molecular complexity index is 1290. The average Bonchev–Trinajstić information content (AvgIpc) is 3.21. The zero-order valence-corrected chi connectivity index (χ0v) is 19.6. The number of thioether (sulfide) groups is 1. The summed E-state index contributed by atoms with van der Waals surface area (Å²) in [6.45, 7) is 3.77. The Hall–Kier alpha value is -3.78. The Balaban J connectivity index is 1.59. The Labute approximate surface area is 201 Å². The van der Waals surface area contributed by atoms with Crippen LogP contribution in [-0.4, -0.2) is 31.7 Å². The van der Waals surface area contributed by atoms with Gasteiger partial charge in [-0.2, -0.15) is 0 Å². The number of anilines is 1. The number of nitrogens with one attached hydrogen (secondary N) is 1. The van der Waals surface area contributed by atoms with E-state index in [-0.39, 0.29) is 17.5 Å². The molecule has 1 heterocycles. The zero-order valence-electron chi connectivity index (χ0n) is 18.7. The Morgan fingerprint density at radius 3 is 2.29 bits per heavy atom. The highest BCUT2D eigenvalue weighted by molar-refractivity contribution is 8.00. The second-order valence-corrected chi connectivity index (χ2v) is 9.08. The van der Waals surface area contributed by atoms with Crippen LogP contribution in [0.15, 0.2) is 84.0 Å². The van der Waals surface area contributed by atoms with Gasteiger partial charge in [0.2, 0.25) is 5.91 Å². The van der Waals surface area contributed by atoms with E-state index in [2.05, 4.69) is 15.5 Å². The predicted molar refractivity (Wildman–Crippen MR) is 131 cm³/mol. The molecule has 3 aromatic carbocycles. The fourth-order valence-electron chi connectivity index (χ4n) is 3.46. The molecule has 0 saturated heterocycles. The summed E-state index contributed by atoms with van der Waals surface area (Å²) in [7, 11) is 0. The molecule has 1 atom stereocenters. The molecule has 6 nitrogen and oxygen atoms in total. The van der Waals surface area contributed by atoms with Crippen LogP contribution in [0.4, 0.5) is 10.1 Å². The van der Waals surface area contributed by atoms with Crippen LogP contribution < -0.4 is 5.32 Å². The zero-order chi connectivity index (χ0) is 24.1. The van der Waals surface area contributed by atoms with Gasteiger partial charge in [0.1, 0.15) is 5.82 Å². The van der Waals surface area contributed by atoms with Crippen LogP contribution in [0, 0.1) is 5.82 Å². The number of Topliss-reactive ketones (excluding diaryl/α,β-unsaturated/α-hetero) is 1. The van der Waals surface area contributed by atoms with Gasteiger partial charge < -0.3 is 5.32 Å². The summed E-state index contributed by atoms with van der Waals surface area (Å²) in [5.74, 6) is 0.0524. The second-order valence-electron chi connectivity index (χ2n) is 7.77. The number of rotatable bonds is 8. The third-order valence-electron chi connectivity index (χ3n) is 5.14. The maximum absolute atomic E-state index is 13.5. The van der Waals surface area contributed by atoms with Crippen molar-refractivity contribution in [1.82, 2.24) is 14.8 Å². The summed E-state index contributed by atoms with van der Waals surface area (Å²) < 4.78 is 15.4. The lowest BCUT2D eigenvalue weighted by molar-refractivity contribution is -0.114. The predicted octanol–water partition coefficient (Wildman–Crippen LogP) is 5.45. The molecule has 0 aliphatic carbocycles. The van der Waals surface area contributed by atoms with Crippen LogP contribution >= 0.6 is 11.8 Å². The van der Waals surface area contributed by atoms with Crippen LogP contribution in [0.25, 0.3) is 11.4 Å². The fraction of sp³-hybridized carbons (Fsp3) is 0.154. The van der Waals surface area contributed by atoms with E-state index in [1.807, 2.05) is 41.8 Å². The summed E-state index contributed by atoms with van der Waals surface area (Å²) in [4.78, 5) is 24.3. The first-order chi connectivity index (χ1) is 16.4. The number of carbonyl (C=O) groups is 2. The first-order valence-corrected chi connectivity index (χ1v) is 11.6. The van der Waals surface area contributed by atoms with Crippen molar-refractivity contribution < 1.29 is 14.0 Å². The number of amides is 1. The molecule has 0 fully saturated rings. The molecule has 34 heavy (non-hydrogen) atoms. The monoisotopic (exact) mass is 474 g/mol. The van der Waals surface area contributed by atoms with Gasteiger partial charge in [0.15, 0.2) is 16.8 Å². The highest BCUT2D eigenvalue weighted by Crippen LogP contribution is 2.29. The molecule has 1 N–H and O–H groups in total. The van der Waals surface area contributed by atoms with Gasteiger partial charge in [-0.1, -0.05) is 42.1 Å². The summed E-state index contributed by atoms with van der Waals surface area (Å²) in [5.41, 5.74) is 2.97. The number of hydrogen-bond donors (Lipinski definition) is 1. The minimum atomic E-state index is -0.425. The minimum Gasteiger partial charge on any atom is -0.326 e. The molecule has 1 aromatic heterocycles. The number of hydrogen-bond acceptors (Lipinski definition) is 5. The van der Waals surface area contributed by atoms with E-state index in [4.69, 9.17) is 0 Å². The summed E-state index contributed by atoms with van der Waals surface area (Å²) in [5, 5.41) is 11.6. The van der Waals surface area contributed by atoms with Gasteiger partial charge in [-0.25, -0.2) is 4.39 Å². The summed E-state index contributed by atoms with van der Waals surface area (Å²) in [6, 6.07) is 22.8. The van der Waals surface area contributed by atoms with Gasteiger partial charge in [-0.05, 0) is 61.0 Å². The second kappa shape index (κ2) is 10.4. The van der Waals surface area contributed by atoms with Crippen molar-refractivity contribution in [2.24, 2.45) is 0 Å². The molecule has 0 spiro atoms. The van der Waals surface area contributed by atoms with Crippen LogP contribution in [0.1, 0.15) is 29.8 Å². The van der Waals surface area contributed by atoms with E-state index in [1.54, 1.807) is 36.4 Å². The average molecular weight is 475 g/mol. The lowest BCUT2D eigenvalue weighted by atomic mass is 10.1. The quantitative estimate of drug-likeness (QED) is 0.271. The number of ketones is 1. The molecule has 172 valence electrons. The van der Waals surface area contributed by atoms with Crippen LogP contribution in [0.3, 0.4) is 0 Å². The number of benzene rings is 3. The Kier molecular flexibility index (Phi) is 7.18. The van der Waals surface area contributed by atoms with E-state index in [0.717, 1.165) is 11.1 Å². The van der Waals surface area contributed by atoms with Crippen molar-refractivity contribution in [3.05, 3.63) is 95.8 Å². The fourth-order valence-corrected chi connectivity index (χ4v) is 4.39. The highest BCUT2D eigenvalue weighted by Gasteiger charge is 2.22. The SMILES string of the molecule is CC(=O)Nc1ccc(C(=O)C(C)Sc2nnc(-c3ccc(F)cc3)n2Cc2ccccc2)cc1. The first kappa shape index (κ1) is 23.4. The van der Waals surface area contributed by atoms with Crippen LogP contribution in [0.2, 0.25) is 0 Å². The number of carbonyl (C=O) groups excluding carboxylic acids is 2. The van der Waals surface area contributed by atoms with Crippen molar-refractivity contribution in [3.63, 3.8) is 0 Å². The molecule has 0 saturated carbocycles. The van der Waals surface area contributed by atoms with Crippen molar-refractivity contribution in [2.75, 3.05) is 5.32 Å². The van der Waals surface area contributed by atoms with Crippen molar-refractivity contribution in [1.29, 1.82) is 0 Å². The van der Waals surface area contributed by atoms with E-state index < -0.39 is 5.25 Å². The van der Waals surface area contributed by atoms with Gasteiger partial charge in [0.05, 0.1) is 11.8 Å². The van der Waals surface area contributed by atoms with Crippen LogP contribution in [0.5, 0.6) is 0 Å². The smallest absolute Gasteiger partial charge is 0.221 e. The van der Waals surface area contributed by atoms with Gasteiger partial charge >= 0.3 is 0 Å². The van der Waals surface area contributed by atoms with Gasteiger partial charge in [-0.3, -0.25) is 14.2 Å². The molecular weight excluding hydrogens is 451 g/mol. The lowest BCUT2D eigenvalue weighted by Gasteiger charge is -2.14. The Morgan fingerprint density at radius 1 is 0.971 bits per heavy atom.